The molecule has 12 heavy (non-hydrogen) atoms. The molecule has 0 amide bonds. The average Bonchev–Trinajstić information content (AvgIpc) is 2.04. The van der Waals surface area contributed by atoms with E-state index in [0.29, 0.717) is 11.8 Å². The van der Waals surface area contributed by atoms with Crippen LogP contribution >= 0.6 is 15.9 Å². The molecular formula is C9H8BrFO. The lowest BCUT2D eigenvalue weighted by molar-refractivity contribution is -0.115. The fourth-order valence-electron chi connectivity index (χ4n) is 0.922. The Kier molecular flexibility index (Phi) is 3.41. The molecule has 3 heteroatoms. The second-order valence-electron chi connectivity index (χ2n) is 2.48. The molecule has 64 valence electrons. The molecule has 0 atom stereocenters. The van der Waals surface area contributed by atoms with Gasteiger partial charge in [-0.1, -0.05) is 28.1 Å². The van der Waals surface area contributed by atoms with Crippen LogP contribution < -0.4 is 0 Å². The Hall–Kier alpha value is -0.700. The molecule has 0 N–H and O–H groups in total. The fourth-order valence-corrected chi connectivity index (χ4v) is 1.12. The van der Waals surface area contributed by atoms with E-state index in [9.17, 15) is 9.18 Å². The minimum atomic E-state index is -0.296. The van der Waals surface area contributed by atoms with E-state index in [1.165, 1.54) is 12.1 Å². The summed E-state index contributed by atoms with van der Waals surface area (Å²) in [6.07, 6.45) is 0.295. The smallest absolute Gasteiger partial charge is 0.147 e. The zero-order valence-corrected chi connectivity index (χ0v) is 7.97. The summed E-state index contributed by atoms with van der Waals surface area (Å²) < 4.78 is 12.6. The maximum absolute atomic E-state index is 12.6. The molecule has 0 spiro atoms. The number of hydrogen-bond acceptors (Lipinski definition) is 1. The van der Waals surface area contributed by atoms with E-state index in [0.717, 1.165) is 5.56 Å². The van der Waals surface area contributed by atoms with Crippen molar-refractivity contribution in [2.45, 2.75) is 6.42 Å². The van der Waals surface area contributed by atoms with Gasteiger partial charge < -0.3 is 0 Å². The number of Topliss-reactive ketones (excluding diaryl/α,β-unsaturated/α-hetero) is 1. The average molecular weight is 231 g/mol. The number of ketones is 1. The van der Waals surface area contributed by atoms with Crippen LogP contribution in [0, 0.1) is 5.82 Å². The van der Waals surface area contributed by atoms with Crippen LogP contribution in [-0.2, 0) is 11.2 Å². The predicted molar refractivity (Wildman–Crippen MR) is 48.9 cm³/mol. The first-order valence-corrected chi connectivity index (χ1v) is 4.66. The van der Waals surface area contributed by atoms with Gasteiger partial charge in [0.2, 0.25) is 0 Å². The van der Waals surface area contributed by atoms with Crippen molar-refractivity contribution < 1.29 is 9.18 Å². The van der Waals surface area contributed by atoms with E-state index in [2.05, 4.69) is 15.9 Å². The van der Waals surface area contributed by atoms with Crippen LogP contribution in [0.15, 0.2) is 24.3 Å². The zero-order valence-electron chi connectivity index (χ0n) is 6.39. The summed E-state index contributed by atoms with van der Waals surface area (Å²) >= 11 is 3.05. The second-order valence-corrected chi connectivity index (χ2v) is 3.04. The number of halogens is 2. The SMILES string of the molecule is O=C(CBr)Cc1cccc(F)c1. The van der Waals surface area contributed by atoms with Gasteiger partial charge in [0.25, 0.3) is 0 Å². The van der Waals surface area contributed by atoms with E-state index in [1.807, 2.05) is 0 Å². The molecule has 0 unspecified atom stereocenters. The number of carbonyl (C=O) groups excluding carboxylic acids is 1. The van der Waals surface area contributed by atoms with Crippen molar-refractivity contribution in [3.8, 4) is 0 Å². The normalized spacial score (nSPS) is 9.83. The molecule has 0 aliphatic carbocycles. The molecule has 0 heterocycles. The first kappa shape index (κ1) is 9.39. The topological polar surface area (TPSA) is 17.1 Å². The molecule has 0 aromatic heterocycles. The monoisotopic (exact) mass is 230 g/mol. The fraction of sp³-hybridized carbons (Fsp3) is 0.222. The van der Waals surface area contributed by atoms with Crippen LogP contribution in [0.5, 0.6) is 0 Å². The molecule has 0 saturated carbocycles. The largest absolute Gasteiger partial charge is 0.298 e. The van der Waals surface area contributed by atoms with Gasteiger partial charge in [-0.3, -0.25) is 4.79 Å². The van der Waals surface area contributed by atoms with E-state index < -0.39 is 0 Å². The summed E-state index contributed by atoms with van der Waals surface area (Å²) in [6.45, 7) is 0. The first-order valence-electron chi connectivity index (χ1n) is 3.54. The highest BCUT2D eigenvalue weighted by atomic mass is 79.9. The van der Waals surface area contributed by atoms with Crippen molar-refractivity contribution in [1.29, 1.82) is 0 Å². The summed E-state index contributed by atoms with van der Waals surface area (Å²) in [5.41, 5.74) is 0.722. The molecule has 0 aliphatic rings. The Morgan fingerprint density at radius 2 is 2.25 bits per heavy atom. The minimum absolute atomic E-state index is 0.0561. The van der Waals surface area contributed by atoms with Crippen molar-refractivity contribution in [3.63, 3.8) is 0 Å². The van der Waals surface area contributed by atoms with E-state index in [-0.39, 0.29) is 11.6 Å². The minimum Gasteiger partial charge on any atom is -0.298 e. The van der Waals surface area contributed by atoms with Gasteiger partial charge in [0, 0.05) is 6.42 Å². The summed E-state index contributed by atoms with van der Waals surface area (Å²) in [5, 5.41) is 0.323. The van der Waals surface area contributed by atoms with Gasteiger partial charge in [0.05, 0.1) is 5.33 Å². The molecule has 0 aliphatic heterocycles. The first-order chi connectivity index (χ1) is 5.72. The summed E-state index contributed by atoms with van der Waals surface area (Å²) in [6, 6.07) is 6.08. The summed E-state index contributed by atoms with van der Waals surface area (Å²) in [4.78, 5) is 10.9. The Labute approximate surface area is 78.7 Å². The third kappa shape index (κ3) is 2.74. The molecule has 0 saturated heterocycles. The third-order valence-corrected chi connectivity index (χ3v) is 2.06. The highest BCUT2D eigenvalue weighted by molar-refractivity contribution is 9.09. The van der Waals surface area contributed by atoms with Crippen LogP contribution in [0.2, 0.25) is 0 Å². The Morgan fingerprint density at radius 3 is 2.83 bits per heavy atom. The molecule has 1 rings (SSSR count). The maximum Gasteiger partial charge on any atom is 0.147 e. The van der Waals surface area contributed by atoms with Crippen molar-refractivity contribution in [2.24, 2.45) is 0 Å². The highest BCUT2D eigenvalue weighted by Crippen LogP contribution is 2.05. The molecule has 1 nitrogen and oxygen atoms in total. The van der Waals surface area contributed by atoms with Gasteiger partial charge in [-0.25, -0.2) is 4.39 Å². The van der Waals surface area contributed by atoms with Gasteiger partial charge in [0.1, 0.15) is 11.6 Å². The molecule has 0 fully saturated rings. The summed E-state index contributed by atoms with van der Waals surface area (Å²) in [5.74, 6) is -0.240. The van der Waals surface area contributed by atoms with E-state index >= 15 is 0 Å². The molecule has 1 aromatic carbocycles. The van der Waals surface area contributed by atoms with Crippen LogP contribution in [-0.4, -0.2) is 11.1 Å². The second kappa shape index (κ2) is 4.36. The predicted octanol–water partition coefficient (Wildman–Crippen LogP) is 2.33. The quantitative estimate of drug-likeness (QED) is 0.729. The third-order valence-electron chi connectivity index (χ3n) is 1.44. The lowest BCUT2D eigenvalue weighted by atomic mass is 10.1. The molecule has 1 aromatic rings. The Morgan fingerprint density at radius 1 is 1.50 bits per heavy atom. The Bertz CT molecular complexity index is 286. The van der Waals surface area contributed by atoms with Crippen molar-refractivity contribution in [3.05, 3.63) is 35.6 Å². The van der Waals surface area contributed by atoms with Gasteiger partial charge >= 0.3 is 0 Å². The summed E-state index contributed by atoms with van der Waals surface area (Å²) in [7, 11) is 0. The van der Waals surface area contributed by atoms with E-state index in [1.54, 1.807) is 12.1 Å². The van der Waals surface area contributed by atoms with Crippen LogP contribution in [0.1, 0.15) is 5.56 Å². The van der Waals surface area contributed by atoms with Crippen LogP contribution in [0.3, 0.4) is 0 Å². The van der Waals surface area contributed by atoms with Crippen molar-refractivity contribution in [1.82, 2.24) is 0 Å². The van der Waals surface area contributed by atoms with Crippen molar-refractivity contribution in [2.75, 3.05) is 5.33 Å². The highest BCUT2D eigenvalue weighted by Gasteiger charge is 2.01. The van der Waals surface area contributed by atoms with Gasteiger partial charge in [0.15, 0.2) is 0 Å². The number of carbonyl (C=O) groups is 1. The molecule has 0 radical (unpaired) electrons. The standard InChI is InChI=1S/C9H8BrFO/c10-6-9(12)5-7-2-1-3-8(11)4-7/h1-4H,5-6H2. The molecule has 0 bridgehead atoms. The Balaban J connectivity index is 2.69. The van der Waals surface area contributed by atoms with Gasteiger partial charge in [-0.2, -0.15) is 0 Å². The van der Waals surface area contributed by atoms with Gasteiger partial charge in [-0.15, -0.1) is 0 Å². The lowest BCUT2D eigenvalue weighted by Crippen LogP contribution is -2.03. The zero-order chi connectivity index (χ0) is 8.97. The number of alkyl halides is 1. The van der Waals surface area contributed by atoms with Gasteiger partial charge in [-0.05, 0) is 17.7 Å². The van der Waals surface area contributed by atoms with Crippen LogP contribution in [0.4, 0.5) is 4.39 Å². The number of benzene rings is 1. The maximum atomic E-state index is 12.6. The molecular weight excluding hydrogens is 223 g/mol. The van der Waals surface area contributed by atoms with Crippen molar-refractivity contribution >= 4 is 21.7 Å². The number of hydrogen-bond donors (Lipinski definition) is 0. The van der Waals surface area contributed by atoms with Crippen LogP contribution in [0.25, 0.3) is 0 Å². The lowest BCUT2D eigenvalue weighted by Gasteiger charge is -1.97. The van der Waals surface area contributed by atoms with E-state index in [4.69, 9.17) is 0 Å². The number of rotatable bonds is 3.